The van der Waals surface area contributed by atoms with Gasteiger partial charge < -0.3 is 9.47 Å². The average molecular weight is 192 g/mol. The lowest BCUT2D eigenvalue weighted by Crippen LogP contribution is -2.13. The Kier molecular flexibility index (Phi) is 2.57. The summed E-state index contributed by atoms with van der Waals surface area (Å²) in [5.74, 6) is 0. The zero-order valence-corrected chi connectivity index (χ0v) is 8.86. The number of hydrogen-bond donors (Lipinski definition) is 0. The molecule has 0 bridgehead atoms. The SMILES string of the molecule is Cc1ccc(C2OC(C)[C@H](C)O2)cc1. The molecule has 3 atom stereocenters. The molecule has 1 aliphatic heterocycles. The summed E-state index contributed by atoms with van der Waals surface area (Å²) in [6, 6.07) is 8.28. The van der Waals surface area contributed by atoms with Gasteiger partial charge in [0, 0.05) is 5.56 Å². The fourth-order valence-electron chi connectivity index (χ4n) is 1.52. The Morgan fingerprint density at radius 3 is 1.93 bits per heavy atom. The third-order valence-corrected chi connectivity index (χ3v) is 2.69. The van der Waals surface area contributed by atoms with Crippen LogP contribution in [0, 0.1) is 6.92 Å². The monoisotopic (exact) mass is 192 g/mol. The van der Waals surface area contributed by atoms with Crippen LogP contribution in [0.3, 0.4) is 0 Å². The molecule has 2 nitrogen and oxygen atoms in total. The smallest absolute Gasteiger partial charge is 0.184 e. The first-order valence-electron chi connectivity index (χ1n) is 5.04. The highest BCUT2D eigenvalue weighted by atomic mass is 16.7. The van der Waals surface area contributed by atoms with E-state index in [4.69, 9.17) is 9.47 Å². The highest BCUT2D eigenvalue weighted by molar-refractivity contribution is 5.22. The summed E-state index contributed by atoms with van der Waals surface area (Å²) < 4.78 is 11.4. The van der Waals surface area contributed by atoms with Crippen molar-refractivity contribution in [2.24, 2.45) is 0 Å². The van der Waals surface area contributed by atoms with E-state index in [0.29, 0.717) is 0 Å². The van der Waals surface area contributed by atoms with Crippen molar-refractivity contribution in [3.05, 3.63) is 35.4 Å². The second-order valence-corrected chi connectivity index (χ2v) is 3.93. The molecule has 1 fully saturated rings. The topological polar surface area (TPSA) is 18.5 Å². The van der Waals surface area contributed by atoms with Gasteiger partial charge in [-0.25, -0.2) is 0 Å². The average Bonchev–Trinajstić information content (AvgIpc) is 2.48. The first kappa shape index (κ1) is 9.69. The lowest BCUT2D eigenvalue weighted by atomic mass is 10.1. The molecule has 1 aliphatic rings. The summed E-state index contributed by atoms with van der Waals surface area (Å²) in [4.78, 5) is 0. The van der Waals surface area contributed by atoms with Crippen molar-refractivity contribution in [1.29, 1.82) is 0 Å². The van der Waals surface area contributed by atoms with E-state index in [2.05, 4.69) is 31.2 Å². The summed E-state index contributed by atoms with van der Waals surface area (Å²) >= 11 is 0. The van der Waals surface area contributed by atoms with E-state index in [0.717, 1.165) is 5.56 Å². The maximum atomic E-state index is 5.68. The molecule has 1 aromatic rings. The van der Waals surface area contributed by atoms with Crippen LogP contribution in [-0.4, -0.2) is 12.2 Å². The number of aryl methyl sites for hydroxylation is 1. The van der Waals surface area contributed by atoms with Gasteiger partial charge in [-0.05, 0) is 20.8 Å². The van der Waals surface area contributed by atoms with E-state index in [1.165, 1.54) is 5.56 Å². The second kappa shape index (κ2) is 3.71. The summed E-state index contributed by atoms with van der Waals surface area (Å²) in [6.45, 7) is 6.16. The Bertz CT molecular complexity index is 295. The summed E-state index contributed by atoms with van der Waals surface area (Å²) in [5.41, 5.74) is 2.36. The Hall–Kier alpha value is -0.860. The third kappa shape index (κ3) is 1.81. The second-order valence-electron chi connectivity index (χ2n) is 3.93. The minimum atomic E-state index is -0.180. The molecule has 2 rings (SSSR count). The van der Waals surface area contributed by atoms with Crippen LogP contribution >= 0.6 is 0 Å². The fraction of sp³-hybridized carbons (Fsp3) is 0.500. The van der Waals surface area contributed by atoms with Crippen LogP contribution in [0.4, 0.5) is 0 Å². The Labute approximate surface area is 84.8 Å². The Morgan fingerprint density at radius 2 is 1.43 bits per heavy atom. The molecule has 1 heterocycles. The van der Waals surface area contributed by atoms with Gasteiger partial charge in [-0.3, -0.25) is 0 Å². The standard InChI is InChI=1S/C12H16O2/c1-8-4-6-11(7-5-8)12-13-9(2)10(3)14-12/h4-7,9-10,12H,1-3H3/t9-,10?,12?/m0/s1. The molecule has 0 saturated carbocycles. The van der Waals surface area contributed by atoms with Crippen molar-refractivity contribution in [1.82, 2.24) is 0 Å². The van der Waals surface area contributed by atoms with Crippen LogP contribution in [0.5, 0.6) is 0 Å². The predicted octanol–water partition coefficient (Wildman–Crippen LogP) is 2.82. The largest absolute Gasteiger partial charge is 0.343 e. The van der Waals surface area contributed by atoms with Crippen molar-refractivity contribution in [3.8, 4) is 0 Å². The molecule has 1 saturated heterocycles. The van der Waals surface area contributed by atoms with Gasteiger partial charge in [0.15, 0.2) is 6.29 Å². The van der Waals surface area contributed by atoms with E-state index >= 15 is 0 Å². The van der Waals surface area contributed by atoms with Crippen LogP contribution in [-0.2, 0) is 9.47 Å². The molecule has 1 aromatic carbocycles. The van der Waals surface area contributed by atoms with Gasteiger partial charge >= 0.3 is 0 Å². The lowest BCUT2D eigenvalue weighted by molar-refractivity contribution is -0.0652. The van der Waals surface area contributed by atoms with E-state index in [-0.39, 0.29) is 18.5 Å². The number of benzene rings is 1. The Morgan fingerprint density at radius 1 is 0.929 bits per heavy atom. The van der Waals surface area contributed by atoms with Gasteiger partial charge in [0.05, 0.1) is 12.2 Å². The van der Waals surface area contributed by atoms with E-state index in [1.54, 1.807) is 0 Å². The van der Waals surface area contributed by atoms with Crippen molar-refractivity contribution >= 4 is 0 Å². The van der Waals surface area contributed by atoms with Crippen molar-refractivity contribution in [2.75, 3.05) is 0 Å². The Balaban J connectivity index is 2.13. The van der Waals surface area contributed by atoms with Gasteiger partial charge in [-0.15, -0.1) is 0 Å². The van der Waals surface area contributed by atoms with E-state index < -0.39 is 0 Å². The van der Waals surface area contributed by atoms with Crippen LogP contribution < -0.4 is 0 Å². The quantitative estimate of drug-likeness (QED) is 0.681. The molecular weight excluding hydrogens is 176 g/mol. The zero-order chi connectivity index (χ0) is 10.1. The zero-order valence-electron chi connectivity index (χ0n) is 8.86. The van der Waals surface area contributed by atoms with Crippen molar-refractivity contribution in [3.63, 3.8) is 0 Å². The predicted molar refractivity (Wildman–Crippen MR) is 55.0 cm³/mol. The van der Waals surface area contributed by atoms with Gasteiger partial charge in [0.25, 0.3) is 0 Å². The molecule has 2 heteroatoms. The van der Waals surface area contributed by atoms with Gasteiger partial charge in [0.2, 0.25) is 0 Å². The van der Waals surface area contributed by atoms with Crippen LogP contribution in [0.1, 0.15) is 31.3 Å². The third-order valence-electron chi connectivity index (χ3n) is 2.69. The van der Waals surface area contributed by atoms with Crippen LogP contribution in [0.25, 0.3) is 0 Å². The maximum absolute atomic E-state index is 5.68. The molecule has 0 N–H and O–H groups in total. The lowest BCUT2D eigenvalue weighted by Gasteiger charge is -2.09. The molecular formula is C12H16O2. The number of hydrogen-bond acceptors (Lipinski definition) is 2. The molecule has 2 unspecified atom stereocenters. The summed E-state index contributed by atoms with van der Waals surface area (Å²) in [6.07, 6.45) is 0.184. The molecule has 0 aliphatic carbocycles. The van der Waals surface area contributed by atoms with Crippen molar-refractivity contribution in [2.45, 2.75) is 39.3 Å². The minimum Gasteiger partial charge on any atom is -0.343 e. The summed E-state index contributed by atoms with van der Waals surface area (Å²) in [7, 11) is 0. The van der Waals surface area contributed by atoms with Crippen molar-refractivity contribution < 1.29 is 9.47 Å². The maximum Gasteiger partial charge on any atom is 0.184 e. The van der Waals surface area contributed by atoms with Crippen LogP contribution in [0.15, 0.2) is 24.3 Å². The number of ether oxygens (including phenoxy) is 2. The van der Waals surface area contributed by atoms with E-state index in [1.807, 2.05) is 13.8 Å². The van der Waals surface area contributed by atoms with Crippen LogP contribution in [0.2, 0.25) is 0 Å². The normalized spacial score (nSPS) is 32.1. The number of rotatable bonds is 1. The van der Waals surface area contributed by atoms with Gasteiger partial charge in [-0.1, -0.05) is 29.8 Å². The molecule has 0 radical (unpaired) electrons. The first-order valence-corrected chi connectivity index (χ1v) is 5.04. The molecule has 76 valence electrons. The first-order chi connectivity index (χ1) is 6.66. The minimum absolute atomic E-state index is 0.180. The molecule has 0 aromatic heterocycles. The van der Waals surface area contributed by atoms with Gasteiger partial charge in [0.1, 0.15) is 0 Å². The summed E-state index contributed by atoms with van der Waals surface area (Å²) in [5, 5.41) is 0. The molecule has 0 amide bonds. The molecule has 0 spiro atoms. The highest BCUT2D eigenvalue weighted by Crippen LogP contribution is 2.30. The van der Waals surface area contributed by atoms with Gasteiger partial charge in [-0.2, -0.15) is 0 Å². The highest BCUT2D eigenvalue weighted by Gasteiger charge is 2.30. The molecule has 14 heavy (non-hydrogen) atoms. The van der Waals surface area contributed by atoms with E-state index in [9.17, 15) is 0 Å². The fourth-order valence-corrected chi connectivity index (χ4v) is 1.52.